The second kappa shape index (κ2) is 5.70. The van der Waals surface area contributed by atoms with E-state index in [-0.39, 0.29) is 12.5 Å². The van der Waals surface area contributed by atoms with E-state index in [1.165, 1.54) is 0 Å². The third kappa shape index (κ3) is 2.73. The highest BCUT2D eigenvalue weighted by molar-refractivity contribution is 6.05. The van der Waals surface area contributed by atoms with Crippen LogP contribution in [0.25, 0.3) is 21.9 Å². The van der Waals surface area contributed by atoms with Crippen molar-refractivity contribution in [3.05, 3.63) is 48.0 Å². The molecule has 0 aliphatic carbocycles. The van der Waals surface area contributed by atoms with Crippen LogP contribution in [0.1, 0.15) is 5.56 Å². The average molecular weight is 278 g/mol. The molecule has 0 radical (unpaired) electrons. The van der Waals surface area contributed by atoms with Crippen LogP contribution in [0, 0.1) is 11.8 Å². The van der Waals surface area contributed by atoms with Crippen LogP contribution in [-0.4, -0.2) is 19.0 Å². The predicted octanol–water partition coefficient (Wildman–Crippen LogP) is 2.01. The maximum absolute atomic E-state index is 11.0. The summed E-state index contributed by atoms with van der Waals surface area (Å²) in [5, 5.41) is 4.73. The highest BCUT2D eigenvalue weighted by Crippen LogP contribution is 2.28. The molecule has 0 aliphatic heterocycles. The van der Waals surface area contributed by atoms with Gasteiger partial charge in [-0.05, 0) is 24.3 Å². The van der Waals surface area contributed by atoms with E-state index in [2.05, 4.69) is 17.2 Å². The molecular formula is C17H14N2O2. The van der Waals surface area contributed by atoms with Crippen LogP contribution in [0.2, 0.25) is 0 Å². The SMILES string of the molecule is NCC(=O)NCC#Cc1ccc2oc3ccccc3c2c1. The number of hydrogen-bond donors (Lipinski definition) is 2. The fraction of sp³-hybridized carbons (Fsp3) is 0.118. The largest absolute Gasteiger partial charge is 0.456 e. The van der Waals surface area contributed by atoms with Crippen LogP contribution < -0.4 is 11.1 Å². The molecule has 0 unspecified atom stereocenters. The zero-order chi connectivity index (χ0) is 14.7. The Morgan fingerprint density at radius 3 is 2.81 bits per heavy atom. The Labute approximate surface area is 121 Å². The number of nitrogens with two attached hydrogens (primary N) is 1. The van der Waals surface area contributed by atoms with Gasteiger partial charge in [0.05, 0.1) is 13.1 Å². The first kappa shape index (κ1) is 13.2. The number of carbonyl (C=O) groups excluding carboxylic acids is 1. The molecule has 2 aromatic carbocycles. The molecule has 3 N–H and O–H groups in total. The number of rotatable bonds is 2. The van der Waals surface area contributed by atoms with Crippen molar-refractivity contribution < 1.29 is 9.21 Å². The molecule has 4 nitrogen and oxygen atoms in total. The van der Waals surface area contributed by atoms with Crippen molar-refractivity contribution in [2.75, 3.05) is 13.1 Å². The van der Waals surface area contributed by atoms with Crippen molar-refractivity contribution in [1.29, 1.82) is 0 Å². The molecule has 0 atom stereocenters. The molecule has 104 valence electrons. The fourth-order valence-corrected chi connectivity index (χ4v) is 2.17. The standard InChI is InChI=1S/C17H14N2O2/c18-11-17(20)19-9-3-4-12-7-8-16-14(10-12)13-5-1-2-6-15(13)21-16/h1-2,5-8,10H,9,11,18H2,(H,19,20). The second-order valence-electron chi connectivity index (χ2n) is 4.59. The van der Waals surface area contributed by atoms with E-state index in [4.69, 9.17) is 10.2 Å². The molecule has 3 rings (SSSR count). The van der Waals surface area contributed by atoms with Crippen LogP contribution in [0.4, 0.5) is 0 Å². The van der Waals surface area contributed by atoms with Gasteiger partial charge in [-0.1, -0.05) is 30.0 Å². The van der Waals surface area contributed by atoms with Crippen molar-refractivity contribution in [3.8, 4) is 11.8 Å². The summed E-state index contributed by atoms with van der Waals surface area (Å²) in [6, 6.07) is 13.7. The molecule has 0 saturated carbocycles. The number of hydrogen-bond acceptors (Lipinski definition) is 3. The normalized spacial score (nSPS) is 10.3. The predicted molar refractivity (Wildman–Crippen MR) is 82.7 cm³/mol. The second-order valence-corrected chi connectivity index (χ2v) is 4.59. The highest BCUT2D eigenvalue weighted by atomic mass is 16.3. The first-order valence-electron chi connectivity index (χ1n) is 6.65. The highest BCUT2D eigenvalue weighted by Gasteiger charge is 2.05. The van der Waals surface area contributed by atoms with E-state index in [1.807, 2.05) is 42.5 Å². The van der Waals surface area contributed by atoms with Crippen LogP contribution in [0.15, 0.2) is 46.9 Å². The minimum Gasteiger partial charge on any atom is -0.456 e. The summed E-state index contributed by atoms with van der Waals surface area (Å²) in [6.45, 7) is 0.273. The molecule has 1 heterocycles. The van der Waals surface area contributed by atoms with Crippen molar-refractivity contribution in [2.24, 2.45) is 5.73 Å². The zero-order valence-electron chi connectivity index (χ0n) is 11.3. The molecule has 0 saturated heterocycles. The number of nitrogens with one attached hydrogen (secondary N) is 1. The molecule has 1 aromatic heterocycles. The van der Waals surface area contributed by atoms with Crippen LogP contribution in [-0.2, 0) is 4.79 Å². The van der Waals surface area contributed by atoms with Crippen molar-refractivity contribution >= 4 is 27.8 Å². The van der Waals surface area contributed by atoms with Crippen molar-refractivity contribution in [1.82, 2.24) is 5.32 Å². The molecular weight excluding hydrogens is 264 g/mol. The average Bonchev–Trinajstić information content (AvgIpc) is 2.89. The summed E-state index contributed by atoms with van der Waals surface area (Å²) < 4.78 is 5.76. The van der Waals surface area contributed by atoms with E-state index in [1.54, 1.807) is 0 Å². The first-order chi connectivity index (χ1) is 10.3. The molecule has 1 amide bonds. The lowest BCUT2D eigenvalue weighted by Crippen LogP contribution is -2.30. The van der Waals surface area contributed by atoms with Crippen molar-refractivity contribution in [3.63, 3.8) is 0 Å². The number of amides is 1. The van der Waals surface area contributed by atoms with Gasteiger partial charge in [0.1, 0.15) is 11.2 Å². The molecule has 0 fully saturated rings. The third-order valence-corrected chi connectivity index (χ3v) is 3.17. The van der Waals surface area contributed by atoms with Gasteiger partial charge in [0, 0.05) is 16.3 Å². The monoisotopic (exact) mass is 278 g/mol. The minimum absolute atomic E-state index is 0.0192. The number of carbonyl (C=O) groups is 1. The third-order valence-electron chi connectivity index (χ3n) is 3.17. The van der Waals surface area contributed by atoms with Crippen LogP contribution in [0.3, 0.4) is 0 Å². The number of fused-ring (bicyclic) bond motifs is 3. The summed E-state index contributed by atoms with van der Waals surface area (Å²) in [5.74, 6) is 5.72. The van der Waals surface area contributed by atoms with E-state index < -0.39 is 0 Å². The molecule has 0 aliphatic rings. The van der Waals surface area contributed by atoms with E-state index in [0.717, 1.165) is 27.5 Å². The number of furan rings is 1. The summed E-state index contributed by atoms with van der Waals surface area (Å²) in [4.78, 5) is 11.0. The Morgan fingerprint density at radius 1 is 1.14 bits per heavy atom. The smallest absolute Gasteiger partial charge is 0.234 e. The van der Waals surface area contributed by atoms with Crippen molar-refractivity contribution in [2.45, 2.75) is 0 Å². The van der Waals surface area contributed by atoms with Gasteiger partial charge in [0.25, 0.3) is 0 Å². The summed E-state index contributed by atoms with van der Waals surface area (Å²) in [5.41, 5.74) is 7.80. The van der Waals surface area contributed by atoms with Gasteiger partial charge in [0.15, 0.2) is 0 Å². The molecule has 4 heteroatoms. The summed E-state index contributed by atoms with van der Waals surface area (Å²) >= 11 is 0. The lowest BCUT2D eigenvalue weighted by Gasteiger charge is -1.95. The van der Waals surface area contributed by atoms with Gasteiger partial charge < -0.3 is 15.5 Å². The van der Waals surface area contributed by atoms with Gasteiger partial charge in [-0.25, -0.2) is 0 Å². The Hall–Kier alpha value is -2.77. The van der Waals surface area contributed by atoms with Gasteiger partial charge >= 0.3 is 0 Å². The van der Waals surface area contributed by atoms with Gasteiger partial charge in [0.2, 0.25) is 5.91 Å². The molecule has 0 bridgehead atoms. The molecule has 21 heavy (non-hydrogen) atoms. The minimum atomic E-state index is -0.208. The lowest BCUT2D eigenvalue weighted by atomic mass is 10.1. The number of benzene rings is 2. The van der Waals surface area contributed by atoms with Gasteiger partial charge in [-0.3, -0.25) is 4.79 Å². The molecule has 0 spiro atoms. The maximum Gasteiger partial charge on any atom is 0.234 e. The Morgan fingerprint density at radius 2 is 1.95 bits per heavy atom. The fourth-order valence-electron chi connectivity index (χ4n) is 2.17. The maximum atomic E-state index is 11.0. The van der Waals surface area contributed by atoms with Crippen LogP contribution in [0.5, 0.6) is 0 Å². The quantitative estimate of drug-likeness (QED) is 0.705. The van der Waals surface area contributed by atoms with Gasteiger partial charge in [-0.15, -0.1) is 0 Å². The Bertz CT molecular complexity index is 868. The zero-order valence-corrected chi connectivity index (χ0v) is 11.3. The van der Waals surface area contributed by atoms with E-state index in [9.17, 15) is 4.79 Å². The van der Waals surface area contributed by atoms with E-state index >= 15 is 0 Å². The number of para-hydroxylation sites is 1. The van der Waals surface area contributed by atoms with E-state index in [0.29, 0.717) is 6.54 Å². The molecule has 3 aromatic rings. The lowest BCUT2D eigenvalue weighted by molar-refractivity contribution is -0.119. The summed E-state index contributed by atoms with van der Waals surface area (Å²) in [7, 11) is 0. The topological polar surface area (TPSA) is 68.3 Å². The Balaban J connectivity index is 1.89. The summed E-state index contributed by atoms with van der Waals surface area (Å²) in [6.07, 6.45) is 0. The Kier molecular flexibility index (Phi) is 3.59. The first-order valence-corrected chi connectivity index (χ1v) is 6.65. The van der Waals surface area contributed by atoms with Gasteiger partial charge in [-0.2, -0.15) is 0 Å². The van der Waals surface area contributed by atoms with Crippen LogP contribution >= 0.6 is 0 Å².